The fourth-order valence-corrected chi connectivity index (χ4v) is 4.11. The highest BCUT2D eigenvalue weighted by atomic mass is 32.2. The van der Waals surface area contributed by atoms with Crippen molar-refractivity contribution in [2.75, 3.05) is 19.5 Å². The summed E-state index contributed by atoms with van der Waals surface area (Å²) < 4.78 is 50.1. The van der Waals surface area contributed by atoms with Crippen molar-refractivity contribution in [3.05, 3.63) is 46.8 Å². The Labute approximate surface area is 195 Å². The molecule has 1 aromatic carbocycles. The van der Waals surface area contributed by atoms with Crippen LogP contribution in [-0.2, 0) is 21.3 Å². The first-order valence-corrected chi connectivity index (χ1v) is 12.4. The Balaban J connectivity index is 1.65. The van der Waals surface area contributed by atoms with Crippen molar-refractivity contribution >= 4 is 32.2 Å². The Kier molecular flexibility index (Phi) is 6.36. The maximum absolute atomic E-state index is 15.0. The zero-order valence-corrected chi connectivity index (χ0v) is 20.0. The van der Waals surface area contributed by atoms with Crippen LogP contribution in [0.5, 0.6) is 5.88 Å². The molecule has 3 heterocycles. The van der Waals surface area contributed by atoms with Crippen LogP contribution in [0.3, 0.4) is 0 Å². The van der Waals surface area contributed by atoms with Crippen LogP contribution in [0.2, 0.25) is 0 Å². The van der Waals surface area contributed by atoms with E-state index in [9.17, 15) is 17.6 Å². The molecule has 0 atom stereocenters. The number of aryl methyl sites for hydroxylation is 1. The van der Waals surface area contributed by atoms with Crippen LogP contribution in [0.4, 0.5) is 4.39 Å². The number of nitrogens with zero attached hydrogens (tertiary/aromatic N) is 5. The second-order valence-electron chi connectivity index (χ2n) is 8.14. The summed E-state index contributed by atoms with van der Waals surface area (Å²) >= 11 is 0. The molecule has 0 aliphatic heterocycles. The van der Waals surface area contributed by atoms with E-state index in [0.717, 1.165) is 6.26 Å². The van der Waals surface area contributed by atoms with Gasteiger partial charge in [0.05, 0.1) is 25.0 Å². The molecule has 0 radical (unpaired) electrons. The summed E-state index contributed by atoms with van der Waals surface area (Å²) in [6, 6.07) is 6.10. The summed E-state index contributed by atoms with van der Waals surface area (Å²) in [5.74, 6) is -0.182. The zero-order chi connectivity index (χ0) is 24.6. The second kappa shape index (κ2) is 9.11. The van der Waals surface area contributed by atoms with Crippen LogP contribution in [0.15, 0.2) is 35.3 Å². The van der Waals surface area contributed by atoms with Crippen molar-refractivity contribution in [1.82, 2.24) is 24.3 Å². The molecule has 12 heteroatoms. The lowest BCUT2D eigenvalue weighted by Gasteiger charge is -2.11. The molecule has 10 nitrogen and oxygen atoms in total. The number of hydrogen-bond acceptors (Lipinski definition) is 8. The minimum atomic E-state index is -3.48. The lowest BCUT2D eigenvalue weighted by molar-refractivity contribution is 0.246. The second-order valence-corrected chi connectivity index (χ2v) is 9.78. The van der Waals surface area contributed by atoms with E-state index in [2.05, 4.69) is 19.4 Å². The van der Waals surface area contributed by atoms with E-state index in [4.69, 9.17) is 4.74 Å². The van der Waals surface area contributed by atoms with Gasteiger partial charge < -0.3 is 4.74 Å². The molecule has 0 bridgehead atoms. The summed E-state index contributed by atoms with van der Waals surface area (Å²) in [5.41, 5.74) is 1.96. The molecule has 4 rings (SSSR count). The van der Waals surface area contributed by atoms with Crippen molar-refractivity contribution in [2.24, 2.45) is 7.05 Å². The minimum Gasteiger partial charge on any atom is -0.478 e. The first-order valence-electron chi connectivity index (χ1n) is 10.6. The van der Waals surface area contributed by atoms with E-state index in [-0.39, 0.29) is 24.9 Å². The van der Waals surface area contributed by atoms with Gasteiger partial charge in [0.25, 0.3) is 10.1 Å². The Bertz CT molecular complexity index is 1530. The van der Waals surface area contributed by atoms with Gasteiger partial charge >= 0.3 is 5.69 Å². The molecule has 0 fully saturated rings. The molecule has 0 spiro atoms. The Morgan fingerprint density at radius 3 is 2.56 bits per heavy atom. The van der Waals surface area contributed by atoms with Gasteiger partial charge in [-0.05, 0) is 26.0 Å². The van der Waals surface area contributed by atoms with Gasteiger partial charge in [0, 0.05) is 54.4 Å². The Morgan fingerprint density at radius 1 is 1.15 bits per heavy atom. The van der Waals surface area contributed by atoms with E-state index < -0.39 is 15.9 Å². The first kappa shape index (κ1) is 23.8. The van der Waals surface area contributed by atoms with E-state index in [0.29, 0.717) is 45.5 Å². The fourth-order valence-electron chi connectivity index (χ4n) is 3.69. The van der Waals surface area contributed by atoms with E-state index in [1.807, 2.05) is 13.8 Å². The minimum absolute atomic E-state index is 0.0114. The molecule has 0 unspecified atom stereocenters. The van der Waals surface area contributed by atoms with Crippen molar-refractivity contribution < 1.29 is 21.7 Å². The number of aromatic nitrogens is 5. The zero-order valence-electron chi connectivity index (χ0n) is 19.1. The Hall–Kier alpha value is -3.38. The molecular formula is C22H24FN5O5S. The summed E-state index contributed by atoms with van der Waals surface area (Å²) in [5, 5.41) is 8.86. The smallest absolute Gasteiger partial charge is 0.330 e. The maximum Gasteiger partial charge on any atom is 0.330 e. The van der Waals surface area contributed by atoms with E-state index in [1.165, 1.54) is 16.8 Å². The van der Waals surface area contributed by atoms with Crippen molar-refractivity contribution in [2.45, 2.75) is 26.3 Å². The fraction of sp³-hybridized carbons (Fsp3) is 0.364. The van der Waals surface area contributed by atoms with Crippen molar-refractivity contribution in [3.63, 3.8) is 0 Å². The molecular weight excluding hydrogens is 465 g/mol. The average molecular weight is 490 g/mol. The molecule has 0 saturated heterocycles. The normalized spacial score (nSPS) is 12.2. The van der Waals surface area contributed by atoms with Crippen LogP contribution in [0, 0.1) is 5.82 Å². The number of hydrogen-bond donors (Lipinski definition) is 0. The number of pyridine rings is 1. The summed E-state index contributed by atoms with van der Waals surface area (Å²) in [7, 11) is -1.85. The highest BCUT2D eigenvalue weighted by Crippen LogP contribution is 2.31. The van der Waals surface area contributed by atoms with Gasteiger partial charge in [-0.2, -0.15) is 8.42 Å². The molecule has 0 aliphatic carbocycles. The SMILES string of the molecule is CC(C)n1c(=O)n(C)c2nnc3cc(F)c(-c4ccc(OCCCOS(C)(=O)=O)nc4)cc3c21. The van der Waals surface area contributed by atoms with Crippen LogP contribution in [-0.4, -0.2) is 52.2 Å². The van der Waals surface area contributed by atoms with Crippen molar-refractivity contribution in [1.29, 1.82) is 0 Å². The number of rotatable bonds is 8. The summed E-state index contributed by atoms with van der Waals surface area (Å²) in [4.78, 5) is 16.9. The van der Waals surface area contributed by atoms with E-state index >= 15 is 0 Å². The molecule has 0 N–H and O–H groups in total. The lowest BCUT2D eigenvalue weighted by Crippen LogP contribution is -2.23. The predicted octanol–water partition coefficient (Wildman–Crippen LogP) is 2.81. The number of ether oxygens (including phenoxy) is 1. The molecule has 0 aliphatic rings. The van der Waals surface area contributed by atoms with Gasteiger partial charge in [0.15, 0.2) is 5.65 Å². The van der Waals surface area contributed by atoms with Crippen LogP contribution < -0.4 is 10.4 Å². The third-order valence-corrected chi connectivity index (χ3v) is 5.85. The number of halogens is 1. The lowest BCUT2D eigenvalue weighted by atomic mass is 10.0. The number of imidazole rings is 1. The highest BCUT2D eigenvalue weighted by Gasteiger charge is 2.20. The Morgan fingerprint density at radius 2 is 1.91 bits per heavy atom. The third-order valence-electron chi connectivity index (χ3n) is 5.26. The topological polar surface area (TPSA) is 118 Å². The summed E-state index contributed by atoms with van der Waals surface area (Å²) in [6.45, 7) is 4.02. The van der Waals surface area contributed by atoms with Crippen molar-refractivity contribution in [3.8, 4) is 17.0 Å². The van der Waals surface area contributed by atoms with Gasteiger partial charge in [-0.1, -0.05) is 0 Å². The van der Waals surface area contributed by atoms with Crippen LogP contribution in [0.25, 0.3) is 33.2 Å². The molecule has 4 aromatic rings. The quantitative estimate of drug-likeness (QED) is 0.274. The average Bonchev–Trinajstić information content (AvgIpc) is 3.03. The van der Waals surface area contributed by atoms with Crippen LogP contribution in [0.1, 0.15) is 26.3 Å². The van der Waals surface area contributed by atoms with Gasteiger partial charge in [-0.3, -0.25) is 13.3 Å². The largest absolute Gasteiger partial charge is 0.478 e. The van der Waals surface area contributed by atoms with Gasteiger partial charge in [-0.15, -0.1) is 10.2 Å². The monoisotopic (exact) mass is 489 g/mol. The molecule has 3 aromatic heterocycles. The van der Waals surface area contributed by atoms with E-state index in [1.54, 1.807) is 29.8 Å². The van der Waals surface area contributed by atoms with Gasteiger partial charge in [0.2, 0.25) is 5.88 Å². The molecule has 0 amide bonds. The molecule has 0 saturated carbocycles. The molecule has 34 heavy (non-hydrogen) atoms. The third kappa shape index (κ3) is 4.64. The molecule has 180 valence electrons. The van der Waals surface area contributed by atoms with Gasteiger partial charge in [-0.25, -0.2) is 14.2 Å². The number of benzene rings is 1. The first-order chi connectivity index (χ1) is 16.1. The standard InChI is InChI=1S/C22H24FN5O5S/c1-13(2)28-20-16-10-15(17(23)11-18(16)25-26-21(20)27(3)22(28)29)14-6-7-19(24-12-14)32-8-5-9-33-34(4,30)31/h6-7,10-13H,5,8-9H2,1-4H3. The van der Waals surface area contributed by atoms with Gasteiger partial charge in [0.1, 0.15) is 11.3 Å². The maximum atomic E-state index is 15.0. The summed E-state index contributed by atoms with van der Waals surface area (Å²) in [6.07, 6.45) is 2.83. The highest BCUT2D eigenvalue weighted by molar-refractivity contribution is 7.85. The van der Waals surface area contributed by atoms with Crippen LogP contribution >= 0.6 is 0 Å². The number of fused-ring (bicyclic) bond motifs is 3. The predicted molar refractivity (Wildman–Crippen MR) is 125 cm³/mol.